The molecule has 5 heteroatoms. The first-order valence-corrected chi connectivity index (χ1v) is 6.82. The molecule has 2 rings (SSSR count). The Morgan fingerprint density at radius 1 is 1.26 bits per heavy atom. The van der Waals surface area contributed by atoms with Crippen LogP contribution in [-0.4, -0.2) is 16.6 Å². The molecule has 1 atom stereocenters. The van der Waals surface area contributed by atoms with Gasteiger partial charge in [0.05, 0.1) is 5.54 Å². The third-order valence-corrected chi connectivity index (χ3v) is 3.62. The summed E-state index contributed by atoms with van der Waals surface area (Å²) in [6, 6.07) is 7.43. The van der Waals surface area contributed by atoms with Gasteiger partial charge in [-0.05, 0) is 44.9 Å². The summed E-state index contributed by atoms with van der Waals surface area (Å²) in [4.78, 5) is 12.2. The zero-order valence-corrected chi connectivity index (χ0v) is 12.5. The van der Waals surface area contributed by atoms with Crippen molar-refractivity contribution in [1.29, 1.82) is 0 Å². The van der Waals surface area contributed by atoms with E-state index in [-0.39, 0.29) is 11.6 Å². The zero-order valence-electron chi connectivity index (χ0n) is 11.7. The fraction of sp³-hybridized carbons (Fsp3) is 0.500. The molecular weight excluding hydrogens is 262 g/mol. The Balaban J connectivity index is 2.36. The summed E-state index contributed by atoms with van der Waals surface area (Å²) in [5.74, 6) is 0. The molecule has 2 N–H and O–H groups in total. The van der Waals surface area contributed by atoms with Crippen LogP contribution >= 0.6 is 11.6 Å². The number of carbonyl (C=O) groups excluding carboxylic acids is 1. The third kappa shape index (κ3) is 2.55. The lowest BCUT2D eigenvalue weighted by Crippen LogP contribution is -2.52. The van der Waals surface area contributed by atoms with Gasteiger partial charge in [-0.1, -0.05) is 30.7 Å². The third-order valence-electron chi connectivity index (χ3n) is 3.36. The van der Waals surface area contributed by atoms with Gasteiger partial charge in [-0.15, -0.1) is 0 Å². The van der Waals surface area contributed by atoms with Crippen LogP contribution in [0.3, 0.4) is 0 Å². The maximum absolute atomic E-state index is 12.2. The van der Waals surface area contributed by atoms with E-state index in [9.17, 15) is 4.79 Å². The molecule has 104 valence electrons. The topological polar surface area (TPSA) is 44.4 Å². The molecule has 1 aliphatic rings. The van der Waals surface area contributed by atoms with Crippen LogP contribution in [0.1, 0.15) is 39.7 Å². The quantitative estimate of drug-likeness (QED) is 0.874. The van der Waals surface area contributed by atoms with Gasteiger partial charge in [0, 0.05) is 5.02 Å². The molecule has 1 aliphatic heterocycles. The number of rotatable bonds is 2. The van der Waals surface area contributed by atoms with Crippen LogP contribution in [0.15, 0.2) is 24.3 Å². The van der Waals surface area contributed by atoms with E-state index in [1.54, 1.807) is 5.01 Å². The highest BCUT2D eigenvalue weighted by atomic mass is 35.5. The second-order valence-corrected chi connectivity index (χ2v) is 6.25. The largest absolute Gasteiger partial charge is 0.334 e. The van der Waals surface area contributed by atoms with Gasteiger partial charge in [-0.3, -0.25) is 5.01 Å². The standard InChI is InChI=1S/C14H20ClN3O/c1-5-14(10-6-8-11(15)9-7-10)16-12(19)18(17-14)13(2,3)4/h6-9,17H,5H2,1-4H3,(H,16,19). The normalized spacial score (nSPS) is 23.6. The molecular formula is C14H20ClN3O. The first-order valence-electron chi connectivity index (χ1n) is 6.45. The van der Waals surface area contributed by atoms with Crippen molar-refractivity contribution in [3.8, 4) is 0 Å². The number of benzene rings is 1. The second-order valence-electron chi connectivity index (χ2n) is 5.81. The Labute approximate surface area is 119 Å². The predicted octanol–water partition coefficient (Wildman–Crippen LogP) is 3.23. The molecule has 4 nitrogen and oxygen atoms in total. The van der Waals surface area contributed by atoms with E-state index >= 15 is 0 Å². The first-order chi connectivity index (χ1) is 8.78. The van der Waals surface area contributed by atoms with Gasteiger partial charge in [0.1, 0.15) is 5.66 Å². The minimum absolute atomic E-state index is 0.107. The van der Waals surface area contributed by atoms with Crippen molar-refractivity contribution in [2.45, 2.75) is 45.3 Å². The van der Waals surface area contributed by atoms with Gasteiger partial charge >= 0.3 is 6.03 Å². The summed E-state index contributed by atoms with van der Waals surface area (Å²) in [6.07, 6.45) is 0.743. The Morgan fingerprint density at radius 3 is 2.26 bits per heavy atom. The Bertz CT molecular complexity index is 480. The highest BCUT2D eigenvalue weighted by Crippen LogP contribution is 2.30. The van der Waals surface area contributed by atoms with Crippen molar-refractivity contribution >= 4 is 17.6 Å². The monoisotopic (exact) mass is 281 g/mol. The summed E-state index contributed by atoms with van der Waals surface area (Å²) in [5.41, 5.74) is 3.46. The van der Waals surface area contributed by atoms with Crippen molar-refractivity contribution in [2.24, 2.45) is 0 Å². The molecule has 0 radical (unpaired) electrons. The van der Waals surface area contributed by atoms with Crippen molar-refractivity contribution in [1.82, 2.24) is 15.8 Å². The summed E-state index contributed by atoms with van der Waals surface area (Å²) < 4.78 is 0. The average Bonchev–Trinajstić information content (AvgIpc) is 2.68. The molecule has 0 aromatic heterocycles. The van der Waals surface area contributed by atoms with Crippen molar-refractivity contribution < 1.29 is 4.79 Å². The molecule has 19 heavy (non-hydrogen) atoms. The van der Waals surface area contributed by atoms with Gasteiger partial charge in [-0.25, -0.2) is 10.2 Å². The van der Waals surface area contributed by atoms with Crippen LogP contribution in [0.2, 0.25) is 5.02 Å². The van der Waals surface area contributed by atoms with Crippen LogP contribution in [0, 0.1) is 0 Å². The number of hydrogen-bond acceptors (Lipinski definition) is 2. The van der Waals surface area contributed by atoms with E-state index in [0.29, 0.717) is 5.02 Å². The van der Waals surface area contributed by atoms with E-state index < -0.39 is 5.66 Å². The van der Waals surface area contributed by atoms with Gasteiger partial charge < -0.3 is 5.32 Å². The van der Waals surface area contributed by atoms with Crippen LogP contribution in [0.5, 0.6) is 0 Å². The molecule has 2 amide bonds. The smallest absolute Gasteiger partial charge is 0.313 e. The zero-order chi connectivity index (χ0) is 14.3. The summed E-state index contributed by atoms with van der Waals surface area (Å²) in [7, 11) is 0. The molecule has 1 saturated heterocycles. The summed E-state index contributed by atoms with van der Waals surface area (Å²) >= 11 is 5.92. The molecule has 0 spiro atoms. The maximum atomic E-state index is 12.2. The minimum Gasteiger partial charge on any atom is -0.313 e. The van der Waals surface area contributed by atoms with E-state index in [1.165, 1.54) is 0 Å². The second kappa shape index (κ2) is 4.69. The number of hydrogen-bond donors (Lipinski definition) is 2. The lowest BCUT2D eigenvalue weighted by molar-refractivity contribution is 0.103. The average molecular weight is 282 g/mol. The lowest BCUT2D eigenvalue weighted by atomic mass is 9.98. The Hall–Kier alpha value is -1.26. The Kier molecular flexibility index (Phi) is 3.49. The van der Waals surface area contributed by atoms with Gasteiger partial charge in [0.15, 0.2) is 0 Å². The first kappa shape index (κ1) is 14.2. The van der Waals surface area contributed by atoms with Gasteiger partial charge in [0.25, 0.3) is 0 Å². The molecule has 1 fully saturated rings. The van der Waals surface area contributed by atoms with Crippen molar-refractivity contribution in [3.05, 3.63) is 34.9 Å². The molecule has 0 saturated carbocycles. The number of amides is 2. The number of nitrogens with zero attached hydrogens (tertiary/aromatic N) is 1. The molecule has 0 bridgehead atoms. The summed E-state index contributed by atoms with van der Waals surface area (Å²) in [5, 5.41) is 5.37. The minimum atomic E-state index is -0.561. The SMILES string of the molecule is CCC1(c2ccc(Cl)cc2)NC(=O)N(C(C)(C)C)N1. The van der Waals surface area contributed by atoms with Crippen molar-refractivity contribution in [3.63, 3.8) is 0 Å². The van der Waals surface area contributed by atoms with Crippen LogP contribution < -0.4 is 10.7 Å². The molecule has 1 aromatic rings. The van der Waals surface area contributed by atoms with E-state index in [1.807, 2.05) is 52.0 Å². The van der Waals surface area contributed by atoms with Crippen LogP contribution in [-0.2, 0) is 5.66 Å². The van der Waals surface area contributed by atoms with E-state index in [4.69, 9.17) is 11.6 Å². The number of carbonyl (C=O) groups is 1. The van der Waals surface area contributed by atoms with Crippen LogP contribution in [0.4, 0.5) is 4.79 Å². The number of halogens is 1. The molecule has 1 aromatic carbocycles. The highest BCUT2D eigenvalue weighted by molar-refractivity contribution is 6.30. The fourth-order valence-electron chi connectivity index (χ4n) is 2.22. The molecule has 0 aliphatic carbocycles. The number of hydrazine groups is 1. The lowest BCUT2D eigenvalue weighted by Gasteiger charge is -2.34. The summed E-state index contributed by atoms with van der Waals surface area (Å²) in [6.45, 7) is 8.02. The van der Waals surface area contributed by atoms with E-state index in [0.717, 1.165) is 12.0 Å². The van der Waals surface area contributed by atoms with Gasteiger partial charge in [-0.2, -0.15) is 0 Å². The van der Waals surface area contributed by atoms with E-state index in [2.05, 4.69) is 10.7 Å². The van der Waals surface area contributed by atoms with Gasteiger partial charge in [0.2, 0.25) is 0 Å². The predicted molar refractivity (Wildman–Crippen MR) is 76.7 cm³/mol. The highest BCUT2D eigenvalue weighted by Gasteiger charge is 2.45. The fourth-order valence-corrected chi connectivity index (χ4v) is 2.35. The molecule has 1 heterocycles. The maximum Gasteiger partial charge on any atom is 0.334 e. The van der Waals surface area contributed by atoms with Crippen LogP contribution in [0.25, 0.3) is 0 Å². The van der Waals surface area contributed by atoms with Crippen molar-refractivity contribution in [2.75, 3.05) is 0 Å². The number of nitrogens with one attached hydrogen (secondary N) is 2. The molecule has 1 unspecified atom stereocenters. The number of urea groups is 1. The Morgan fingerprint density at radius 2 is 1.84 bits per heavy atom.